The molecule has 0 rings (SSSR count). The van der Waals surface area contributed by atoms with E-state index in [1.54, 1.807) is 0 Å². The van der Waals surface area contributed by atoms with E-state index < -0.39 is 17.9 Å². The molecule has 0 aromatic rings. The Labute approximate surface area is 65.6 Å². The van der Waals surface area contributed by atoms with E-state index in [1.165, 1.54) is 0 Å². The average Bonchev–Trinajstić information content (AvgIpc) is 1.58. The number of nitrogens with one attached hydrogen (secondary N) is 2. The summed E-state index contributed by atoms with van der Waals surface area (Å²) in [6.07, 6.45) is 0. The third-order valence-corrected chi connectivity index (χ3v) is 2.18. The summed E-state index contributed by atoms with van der Waals surface area (Å²) >= 11 is 0. The van der Waals surface area contributed by atoms with E-state index in [0.29, 0.717) is 0 Å². The largest absolute Gasteiger partial charge is 0.366 e. The van der Waals surface area contributed by atoms with Crippen LogP contribution in [-0.4, -0.2) is 23.9 Å². The summed E-state index contributed by atoms with van der Waals surface area (Å²) in [5.74, 6) is 0. The van der Waals surface area contributed by atoms with Crippen molar-refractivity contribution in [3.05, 3.63) is 0 Å². The molecular weight excluding hydrogens is 160 g/mol. The van der Waals surface area contributed by atoms with Crippen LogP contribution < -0.4 is 9.96 Å². The SMILES string of the molecule is C[Si](C)NC(=O)N[Si](C)C. The van der Waals surface area contributed by atoms with Gasteiger partial charge in [-0.2, -0.15) is 0 Å². The van der Waals surface area contributed by atoms with E-state index in [4.69, 9.17) is 0 Å². The minimum absolute atomic E-state index is 0.00206. The quantitative estimate of drug-likeness (QED) is 0.597. The third-order valence-electron chi connectivity index (χ3n) is 0.727. The Morgan fingerprint density at radius 3 is 1.50 bits per heavy atom. The third kappa shape index (κ3) is 5.83. The molecule has 0 aliphatic heterocycles. The van der Waals surface area contributed by atoms with Crippen LogP contribution >= 0.6 is 0 Å². The highest BCUT2D eigenvalue weighted by Crippen LogP contribution is 1.75. The normalized spacial score (nSPS) is 10.2. The van der Waals surface area contributed by atoms with Crippen LogP contribution in [0.1, 0.15) is 0 Å². The first-order chi connectivity index (χ1) is 4.52. The number of carbonyl (C=O) groups is 1. The van der Waals surface area contributed by atoms with Gasteiger partial charge in [-0.05, 0) is 0 Å². The maximum Gasteiger partial charge on any atom is 0.298 e. The second-order valence-electron chi connectivity index (χ2n) is 2.58. The summed E-state index contributed by atoms with van der Waals surface area (Å²) < 4.78 is 0. The molecule has 0 atom stereocenters. The van der Waals surface area contributed by atoms with Crippen LogP contribution in [0.15, 0.2) is 0 Å². The first-order valence-electron chi connectivity index (χ1n) is 3.20. The van der Waals surface area contributed by atoms with Crippen LogP contribution in [0.4, 0.5) is 4.79 Å². The highest BCUT2D eigenvalue weighted by Gasteiger charge is 2.04. The summed E-state index contributed by atoms with van der Waals surface area (Å²) in [7, 11) is -1.25. The van der Waals surface area contributed by atoms with Gasteiger partial charge in [0.2, 0.25) is 0 Å². The zero-order valence-corrected chi connectivity index (χ0v) is 8.91. The standard InChI is InChI=1S/C5H14N2OSi2/c1-9(2)6-5(8)7-10(3)4/h1-4H3,(H2,6,7,8). The van der Waals surface area contributed by atoms with E-state index in [2.05, 4.69) is 9.96 Å². The highest BCUT2D eigenvalue weighted by molar-refractivity contribution is 6.59. The van der Waals surface area contributed by atoms with Crippen molar-refractivity contribution in [3.8, 4) is 0 Å². The number of hydrogen-bond donors (Lipinski definition) is 2. The van der Waals surface area contributed by atoms with Gasteiger partial charge in [0.15, 0.2) is 17.9 Å². The van der Waals surface area contributed by atoms with Gasteiger partial charge in [-0.3, -0.25) is 4.79 Å². The van der Waals surface area contributed by atoms with Crippen LogP contribution in [0.2, 0.25) is 26.2 Å². The van der Waals surface area contributed by atoms with Gasteiger partial charge in [-0.1, -0.05) is 26.2 Å². The molecule has 58 valence electrons. The molecule has 0 aromatic carbocycles. The van der Waals surface area contributed by atoms with Gasteiger partial charge in [0.25, 0.3) is 6.03 Å². The molecule has 0 fully saturated rings. The second-order valence-corrected chi connectivity index (χ2v) is 7.08. The summed E-state index contributed by atoms with van der Waals surface area (Å²) in [6, 6.07) is -0.00206. The van der Waals surface area contributed by atoms with Crippen LogP contribution in [0, 0.1) is 0 Å². The number of rotatable bonds is 2. The Balaban J connectivity index is 3.44. The van der Waals surface area contributed by atoms with Crippen molar-refractivity contribution < 1.29 is 4.79 Å². The molecule has 0 aromatic heterocycles. The predicted molar refractivity (Wildman–Crippen MR) is 46.6 cm³/mol. The number of amides is 2. The lowest BCUT2D eigenvalue weighted by atomic mass is 11.2. The topological polar surface area (TPSA) is 41.1 Å². The van der Waals surface area contributed by atoms with Crippen molar-refractivity contribution in [2.45, 2.75) is 26.2 Å². The molecule has 3 nitrogen and oxygen atoms in total. The van der Waals surface area contributed by atoms with E-state index in [-0.39, 0.29) is 6.03 Å². The smallest absolute Gasteiger partial charge is 0.298 e. The van der Waals surface area contributed by atoms with Crippen LogP contribution in [0.5, 0.6) is 0 Å². The van der Waals surface area contributed by atoms with Gasteiger partial charge < -0.3 is 9.96 Å². The van der Waals surface area contributed by atoms with Gasteiger partial charge in [0.1, 0.15) is 0 Å². The fourth-order valence-electron chi connectivity index (χ4n) is 0.485. The van der Waals surface area contributed by atoms with Gasteiger partial charge in [-0.25, -0.2) is 0 Å². The molecule has 2 N–H and O–H groups in total. The van der Waals surface area contributed by atoms with Crippen molar-refractivity contribution >= 4 is 23.9 Å². The van der Waals surface area contributed by atoms with Gasteiger partial charge >= 0.3 is 0 Å². The number of hydrogen-bond acceptors (Lipinski definition) is 1. The first kappa shape index (κ1) is 9.70. The van der Waals surface area contributed by atoms with Crippen LogP contribution in [0.25, 0.3) is 0 Å². The Kier molecular flexibility index (Phi) is 4.38. The molecule has 10 heavy (non-hydrogen) atoms. The Morgan fingerprint density at radius 1 is 1.00 bits per heavy atom. The molecule has 0 aliphatic rings. The molecule has 2 amide bonds. The summed E-state index contributed by atoms with van der Waals surface area (Å²) in [6.45, 7) is 8.17. The molecule has 0 unspecified atom stereocenters. The molecule has 0 spiro atoms. The Bertz CT molecular complexity index is 104. The van der Waals surface area contributed by atoms with Crippen molar-refractivity contribution in [2.75, 3.05) is 0 Å². The average molecular weight is 174 g/mol. The summed E-state index contributed by atoms with van der Waals surface area (Å²) in [4.78, 5) is 16.6. The van der Waals surface area contributed by atoms with Crippen molar-refractivity contribution in [2.24, 2.45) is 0 Å². The van der Waals surface area contributed by atoms with Gasteiger partial charge in [0, 0.05) is 0 Å². The Hall–Kier alpha value is -0.296. The maximum absolute atomic E-state index is 10.9. The lowest BCUT2D eigenvalue weighted by Gasteiger charge is -2.09. The zero-order chi connectivity index (χ0) is 8.15. The second kappa shape index (κ2) is 4.51. The van der Waals surface area contributed by atoms with E-state index in [1.807, 2.05) is 26.2 Å². The molecule has 2 radical (unpaired) electrons. The molecule has 0 saturated carbocycles. The van der Waals surface area contributed by atoms with Crippen molar-refractivity contribution in [1.29, 1.82) is 0 Å². The molecular formula is C5H14N2OSi2. The Morgan fingerprint density at radius 2 is 1.30 bits per heavy atom. The molecule has 0 aliphatic carbocycles. The monoisotopic (exact) mass is 174 g/mol. The number of carbonyl (C=O) groups excluding carboxylic acids is 1. The van der Waals surface area contributed by atoms with Crippen molar-refractivity contribution in [1.82, 2.24) is 9.96 Å². The fraction of sp³-hybridized carbons (Fsp3) is 0.800. The molecule has 0 saturated heterocycles. The lowest BCUT2D eigenvalue weighted by molar-refractivity contribution is 0.250. The fourth-order valence-corrected chi connectivity index (χ4v) is 1.64. The first-order valence-corrected chi connectivity index (χ1v) is 8.20. The van der Waals surface area contributed by atoms with Gasteiger partial charge in [0.05, 0.1) is 0 Å². The minimum Gasteiger partial charge on any atom is -0.366 e. The molecule has 5 heteroatoms. The zero-order valence-electron chi connectivity index (χ0n) is 6.91. The van der Waals surface area contributed by atoms with Crippen LogP contribution in [0.3, 0.4) is 0 Å². The molecule has 0 heterocycles. The maximum atomic E-state index is 10.9. The highest BCUT2D eigenvalue weighted by atomic mass is 28.3. The minimum atomic E-state index is -0.625. The van der Waals surface area contributed by atoms with E-state index >= 15 is 0 Å². The van der Waals surface area contributed by atoms with Crippen molar-refractivity contribution in [3.63, 3.8) is 0 Å². The van der Waals surface area contributed by atoms with E-state index in [9.17, 15) is 4.79 Å². The van der Waals surface area contributed by atoms with Gasteiger partial charge in [-0.15, -0.1) is 0 Å². The summed E-state index contributed by atoms with van der Waals surface area (Å²) in [5.41, 5.74) is 0. The van der Waals surface area contributed by atoms with E-state index in [0.717, 1.165) is 0 Å². The predicted octanol–water partition coefficient (Wildman–Crippen LogP) is 0.788. The number of urea groups is 1. The molecule has 0 bridgehead atoms. The lowest BCUT2D eigenvalue weighted by Crippen LogP contribution is -2.46. The van der Waals surface area contributed by atoms with Crippen LogP contribution in [-0.2, 0) is 0 Å². The summed E-state index contributed by atoms with van der Waals surface area (Å²) in [5, 5.41) is 0.